The van der Waals surface area contributed by atoms with Gasteiger partial charge in [0, 0.05) is 25.0 Å². The number of amidine groups is 1. The van der Waals surface area contributed by atoms with E-state index in [1.165, 1.54) is 37.8 Å². The van der Waals surface area contributed by atoms with E-state index in [2.05, 4.69) is 42.2 Å². The zero-order valence-electron chi connectivity index (χ0n) is 13.0. The van der Waals surface area contributed by atoms with Crippen molar-refractivity contribution in [3.05, 3.63) is 11.1 Å². The molecule has 0 aromatic carbocycles. The summed E-state index contributed by atoms with van der Waals surface area (Å²) in [5, 5.41) is 9.90. The molecule has 1 unspecified atom stereocenters. The van der Waals surface area contributed by atoms with Crippen LogP contribution in [0.2, 0.25) is 0 Å². The van der Waals surface area contributed by atoms with Crippen LogP contribution in [-0.2, 0) is 0 Å². The lowest BCUT2D eigenvalue weighted by molar-refractivity contribution is 0.218. The Labute approximate surface area is 127 Å². The zero-order chi connectivity index (χ0) is 14.6. The summed E-state index contributed by atoms with van der Waals surface area (Å²) >= 11 is 1.27. The number of likely N-dealkylation sites (tertiary alicyclic amines) is 1. The molecule has 2 rings (SSSR count). The molecule has 0 aliphatic carbocycles. The van der Waals surface area contributed by atoms with Crippen LogP contribution in [0.15, 0.2) is 16.1 Å². The largest absolute Gasteiger partial charge is 0.338 e. The van der Waals surface area contributed by atoms with Gasteiger partial charge in [-0.3, -0.25) is 10.1 Å². The first-order valence-corrected chi connectivity index (χ1v) is 8.48. The third kappa shape index (κ3) is 4.24. The van der Waals surface area contributed by atoms with Gasteiger partial charge in [0.2, 0.25) is 0 Å². The predicted octanol–water partition coefficient (Wildman–Crippen LogP) is 2.73. The summed E-state index contributed by atoms with van der Waals surface area (Å²) in [6.07, 6.45) is 8.00. The highest BCUT2D eigenvalue weighted by Crippen LogP contribution is 2.33. The van der Waals surface area contributed by atoms with Crippen LogP contribution in [0.25, 0.3) is 0 Å². The molecule has 0 amide bonds. The van der Waals surface area contributed by atoms with Gasteiger partial charge in [-0.25, -0.2) is 0 Å². The summed E-state index contributed by atoms with van der Waals surface area (Å²) in [6.45, 7) is 6.86. The topological polar surface area (TPSA) is 53.6 Å². The molecule has 0 saturated carbocycles. The highest BCUT2D eigenvalue weighted by Gasteiger charge is 2.35. The summed E-state index contributed by atoms with van der Waals surface area (Å²) in [7, 11) is 2.24. The summed E-state index contributed by atoms with van der Waals surface area (Å²) in [6, 6.07) is 0. The number of nitrogens with zero attached hydrogens (tertiary/aromatic N) is 2. The molecule has 1 atom stereocenters. The smallest absolute Gasteiger partial charge is 0.101 e. The van der Waals surface area contributed by atoms with Gasteiger partial charge in [0.05, 0.1) is 5.03 Å². The van der Waals surface area contributed by atoms with Gasteiger partial charge in [-0.1, -0.05) is 6.08 Å². The normalized spacial score (nSPS) is 28.5. The van der Waals surface area contributed by atoms with Crippen LogP contribution in [0.4, 0.5) is 0 Å². The van der Waals surface area contributed by atoms with E-state index in [0.29, 0.717) is 5.54 Å². The zero-order valence-corrected chi connectivity index (χ0v) is 13.8. The van der Waals surface area contributed by atoms with Crippen LogP contribution in [0.1, 0.15) is 46.0 Å². The van der Waals surface area contributed by atoms with E-state index in [1.807, 2.05) is 0 Å². The molecule has 3 N–H and O–H groups in total. The van der Waals surface area contributed by atoms with Crippen molar-refractivity contribution < 1.29 is 0 Å². The number of hydrogen-bond acceptors (Lipinski definition) is 4. The maximum Gasteiger partial charge on any atom is 0.101 e. The highest BCUT2D eigenvalue weighted by molar-refractivity contribution is 8.00. The number of rotatable bonds is 5. The van der Waals surface area contributed by atoms with Gasteiger partial charge in [0.25, 0.3) is 0 Å². The van der Waals surface area contributed by atoms with E-state index >= 15 is 0 Å². The van der Waals surface area contributed by atoms with E-state index in [-0.39, 0.29) is 0 Å². The lowest BCUT2D eigenvalue weighted by Gasteiger charge is -2.26. The van der Waals surface area contributed by atoms with Crippen molar-refractivity contribution in [2.24, 2.45) is 16.0 Å². The molecule has 0 spiro atoms. The Hall–Kier alpha value is -0.520. The number of hydrogen-bond donors (Lipinski definition) is 2. The van der Waals surface area contributed by atoms with Gasteiger partial charge in [-0.05, 0) is 64.4 Å². The van der Waals surface area contributed by atoms with Gasteiger partial charge < -0.3 is 10.2 Å². The minimum Gasteiger partial charge on any atom is -0.338 e. The summed E-state index contributed by atoms with van der Waals surface area (Å²) in [4.78, 5) is 7.17. The van der Waals surface area contributed by atoms with Crippen molar-refractivity contribution in [2.45, 2.75) is 51.5 Å². The predicted molar refractivity (Wildman–Crippen MR) is 88.6 cm³/mol. The molecule has 114 valence electrons. The third-order valence-corrected chi connectivity index (χ3v) is 5.05. The molecule has 0 aromatic heterocycles. The van der Waals surface area contributed by atoms with Crippen LogP contribution >= 0.6 is 11.9 Å². The van der Waals surface area contributed by atoms with Gasteiger partial charge >= 0.3 is 0 Å². The molecule has 2 aliphatic rings. The van der Waals surface area contributed by atoms with E-state index in [0.717, 1.165) is 36.2 Å². The van der Waals surface area contributed by atoms with Crippen molar-refractivity contribution in [3.63, 3.8) is 0 Å². The van der Waals surface area contributed by atoms with Gasteiger partial charge in [0.15, 0.2) is 0 Å². The van der Waals surface area contributed by atoms with E-state index in [1.54, 1.807) is 0 Å². The lowest BCUT2D eigenvalue weighted by Crippen LogP contribution is -2.34. The number of nitrogens with one attached hydrogen (secondary N) is 1. The molecule has 4 nitrogen and oxygen atoms in total. The Morgan fingerprint density at radius 3 is 3.00 bits per heavy atom. The van der Waals surface area contributed by atoms with Crippen LogP contribution in [0.5, 0.6) is 0 Å². The molecule has 5 heteroatoms. The molecule has 2 heterocycles. The first-order chi connectivity index (χ1) is 9.51. The maximum atomic E-state index is 5.57. The van der Waals surface area contributed by atoms with E-state index < -0.39 is 0 Å². The van der Waals surface area contributed by atoms with Crippen LogP contribution < -0.4 is 10.5 Å². The summed E-state index contributed by atoms with van der Waals surface area (Å²) < 4.78 is 0. The molecule has 1 fully saturated rings. The Kier molecular flexibility index (Phi) is 5.52. The minimum absolute atomic E-state index is 0.375. The van der Waals surface area contributed by atoms with Crippen molar-refractivity contribution >= 4 is 17.8 Å². The Morgan fingerprint density at radius 1 is 1.55 bits per heavy atom. The molecule has 0 aromatic rings. The fraction of sp³-hybridized carbons (Fsp3) is 0.800. The van der Waals surface area contributed by atoms with E-state index in [4.69, 9.17) is 5.14 Å². The van der Waals surface area contributed by atoms with Crippen molar-refractivity contribution in [1.82, 2.24) is 10.2 Å². The standard InChI is InChI=1S/C15H28N4S/c1-15(2)10-12(11-19(15)3)6-5-9-17-13-7-4-8-14(18-13)20-16/h8,12H,4-7,9-11,16H2,1-3H3,(H,17,18). The van der Waals surface area contributed by atoms with Crippen LogP contribution in [-0.4, -0.2) is 36.4 Å². The average molecular weight is 296 g/mol. The number of allylic oxidation sites excluding steroid dienone is 1. The molecular weight excluding hydrogens is 268 g/mol. The second-order valence-electron chi connectivity index (χ2n) is 6.58. The van der Waals surface area contributed by atoms with Crippen LogP contribution in [0, 0.1) is 5.92 Å². The second kappa shape index (κ2) is 6.96. The monoisotopic (exact) mass is 296 g/mol. The third-order valence-electron chi connectivity index (χ3n) is 4.53. The maximum absolute atomic E-state index is 5.57. The average Bonchev–Trinajstić information content (AvgIpc) is 2.68. The molecule has 0 radical (unpaired) electrons. The Balaban J connectivity index is 1.68. The Bertz CT molecular complexity index is 389. The van der Waals surface area contributed by atoms with Gasteiger partial charge in [-0.2, -0.15) is 0 Å². The molecule has 20 heavy (non-hydrogen) atoms. The van der Waals surface area contributed by atoms with Gasteiger partial charge in [0.1, 0.15) is 5.84 Å². The molecule has 1 saturated heterocycles. The summed E-state index contributed by atoms with van der Waals surface area (Å²) in [5.41, 5.74) is 0.375. The van der Waals surface area contributed by atoms with Crippen molar-refractivity contribution in [2.75, 3.05) is 20.1 Å². The first-order valence-electron chi connectivity index (χ1n) is 7.60. The number of nitrogens with two attached hydrogens (primary N) is 1. The number of aliphatic imine (C=N–C) groups is 1. The minimum atomic E-state index is 0.375. The fourth-order valence-corrected chi connectivity index (χ4v) is 3.53. The lowest BCUT2D eigenvalue weighted by atomic mass is 9.93. The fourth-order valence-electron chi connectivity index (χ4n) is 3.14. The van der Waals surface area contributed by atoms with Crippen LogP contribution in [0.3, 0.4) is 0 Å². The SMILES string of the molecule is CN1CC(CCCN=C2CCC=C(SN)N2)CC1(C)C. The highest BCUT2D eigenvalue weighted by atomic mass is 32.2. The summed E-state index contributed by atoms with van der Waals surface area (Å²) in [5.74, 6) is 1.94. The van der Waals surface area contributed by atoms with Crippen molar-refractivity contribution in [3.8, 4) is 0 Å². The van der Waals surface area contributed by atoms with E-state index in [9.17, 15) is 0 Å². The molecule has 0 bridgehead atoms. The Morgan fingerprint density at radius 2 is 2.35 bits per heavy atom. The van der Waals surface area contributed by atoms with Crippen molar-refractivity contribution in [1.29, 1.82) is 0 Å². The first kappa shape index (κ1) is 15.9. The molecule has 2 aliphatic heterocycles. The quantitative estimate of drug-likeness (QED) is 0.605. The molecular formula is C15H28N4S. The second-order valence-corrected chi connectivity index (χ2v) is 7.26. The van der Waals surface area contributed by atoms with Gasteiger partial charge in [-0.15, -0.1) is 0 Å².